The van der Waals surface area contributed by atoms with E-state index in [0.29, 0.717) is 12.1 Å². The Hall–Kier alpha value is -3.29. The molecule has 13 heteroatoms. The van der Waals surface area contributed by atoms with E-state index in [-0.39, 0.29) is 37.1 Å². The lowest BCUT2D eigenvalue weighted by Crippen LogP contribution is -2.45. The van der Waals surface area contributed by atoms with Gasteiger partial charge in [-0.25, -0.2) is 18.4 Å². The van der Waals surface area contributed by atoms with Crippen LogP contribution in [0.3, 0.4) is 0 Å². The number of primary amides is 1. The predicted octanol–water partition coefficient (Wildman–Crippen LogP) is 3.99. The summed E-state index contributed by atoms with van der Waals surface area (Å²) in [5.41, 5.74) is 8.04. The Morgan fingerprint density at radius 2 is 1.81 bits per heavy atom. The number of carbonyl (C=O) groups is 1. The summed E-state index contributed by atoms with van der Waals surface area (Å²) in [5.74, 6) is -2.78. The number of amides is 1. The largest absolute Gasteiger partial charge is 0.372 e. The maximum absolute atomic E-state index is 12.2. The van der Waals surface area contributed by atoms with Crippen molar-refractivity contribution in [3.63, 3.8) is 0 Å². The van der Waals surface area contributed by atoms with E-state index >= 15 is 0 Å². The number of aromatic nitrogens is 3. The first-order valence-electron chi connectivity index (χ1n) is 13.9. The van der Waals surface area contributed by atoms with Crippen LogP contribution in [0.2, 0.25) is 0 Å². The van der Waals surface area contributed by atoms with Gasteiger partial charge in [0, 0.05) is 37.8 Å². The second-order valence-electron chi connectivity index (χ2n) is 11.7. The van der Waals surface area contributed by atoms with Crippen molar-refractivity contribution in [2.24, 2.45) is 11.1 Å². The van der Waals surface area contributed by atoms with E-state index in [1.54, 1.807) is 12.3 Å². The minimum absolute atomic E-state index is 0.100. The van der Waals surface area contributed by atoms with Crippen molar-refractivity contribution in [1.29, 1.82) is 0 Å². The molecule has 1 amide bonds. The molecular weight excluding hydrogens is 566 g/mol. The van der Waals surface area contributed by atoms with Gasteiger partial charge in [-0.05, 0) is 62.4 Å². The fourth-order valence-corrected chi connectivity index (χ4v) is 6.42. The summed E-state index contributed by atoms with van der Waals surface area (Å²) in [6.07, 6.45) is 3.68. The second kappa shape index (κ2) is 12.9. The maximum atomic E-state index is 12.2. The smallest absolute Gasteiger partial charge is 0.350 e. The summed E-state index contributed by atoms with van der Waals surface area (Å²) in [7, 11) is -4.37. The number of carbonyl (C=O) groups excluding carboxylic acids is 1. The topological polar surface area (TPSA) is 132 Å². The average molecular weight is 605 g/mol. The van der Waals surface area contributed by atoms with Gasteiger partial charge in [0.15, 0.2) is 0 Å². The number of halogens is 2. The molecule has 2 fully saturated rings. The van der Waals surface area contributed by atoms with Crippen LogP contribution in [0, 0.1) is 5.41 Å². The number of piperidine rings is 1. The van der Waals surface area contributed by atoms with Crippen LogP contribution in [-0.2, 0) is 26.0 Å². The third kappa shape index (κ3) is 7.96. The molecule has 0 saturated carbocycles. The molecule has 10 nitrogen and oxygen atoms in total. The highest BCUT2D eigenvalue weighted by atomic mass is 32.2. The van der Waals surface area contributed by atoms with E-state index in [1.165, 1.54) is 0 Å². The van der Waals surface area contributed by atoms with Gasteiger partial charge < -0.3 is 15.4 Å². The van der Waals surface area contributed by atoms with Crippen LogP contribution < -0.4 is 10.6 Å². The Kier molecular flexibility index (Phi) is 9.74. The molecule has 2 N–H and O–H groups in total. The molecule has 3 aromatic heterocycles. The van der Waals surface area contributed by atoms with E-state index in [1.807, 2.05) is 44.2 Å². The highest BCUT2D eigenvalue weighted by Crippen LogP contribution is 2.31. The molecule has 2 atom stereocenters. The minimum Gasteiger partial charge on any atom is -0.372 e. The Bertz CT molecular complexity index is 1510. The number of hydrogen-bond acceptors (Lipinski definition) is 8. The highest BCUT2D eigenvalue weighted by Gasteiger charge is 2.38. The van der Waals surface area contributed by atoms with E-state index < -0.39 is 21.7 Å². The summed E-state index contributed by atoms with van der Waals surface area (Å²) < 4.78 is 53.5. The summed E-state index contributed by atoms with van der Waals surface area (Å²) in [5, 5.41) is 0.906. The zero-order valence-corrected chi connectivity index (χ0v) is 25.2. The number of anilines is 1. The number of hydrogen-bond donors (Lipinski definition) is 1. The van der Waals surface area contributed by atoms with Crippen molar-refractivity contribution in [2.45, 2.75) is 64.9 Å². The lowest BCUT2D eigenvalue weighted by molar-refractivity contribution is -0.117. The number of alkyl halides is 2. The number of fused-ring (bicyclic) bond motifs is 1. The van der Waals surface area contributed by atoms with Gasteiger partial charge in [0.1, 0.15) is 5.82 Å². The van der Waals surface area contributed by atoms with Gasteiger partial charge in [-0.15, -0.1) is 0 Å². The molecule has 2 aliphatic heterocycles. The lowest BCUT2D eigenvalue weighted by Gasteiger charge is -2.36. The molecule has 0 radical (unpaired) electrons. The first-order valence-corrected chi connectivity index (χ1v) is 15.4. The third-order valence-corrected chi connectivity index (χ3v) is 8.66. The van der Waals surface area contributed by atoms with Crippen molar-refractivity contribution >= 4 is 32.7 Å². The first-order chi connectivity index (χ1) is 19.7. The standard InChI is InChI=1S/C21H23N5O2.C8H15F2NO2S/c1-13-11-26(12-14(2)28-13)21-5-3-4-17(25-21)18-7-6-15-10-23-16(9-20(22)27)8-19(15)24-18;1-8(2)4-3-5-11(6-8)14(12,13)7(9)10/h3-8,10,13-14H,9,11-12H2,1-2H3,(H2,22,27);7H,3-6H2,1-2H3/t13-,14?;/m0./s1. The van der Waals surface area contributed by atoms with Gasteiger partial charge in [-0.3, -0.25) is 9.78 Å². The van der Waals surface area contributed by atoms with E-state index in [0.717, 1.165) is 51.9 Å². The van der Waals surface area contributed by atoms with Gasteiger partial charge in [0.2, 0.25) is 5.91 Å². The Morgan fingerprint density at radius 3 is 2.45 bits per heavy atom. The number of sulfonamides is 1. The van der Waals surface area contributed by atoms with Gasteiger partial charge in [0.25, 0.3) is 10.0 Å². The quantitative estimate of drug-likeness (QED) is 0.447. The molecule has 0 spiro atoms. The predicted molar refractivity (Wildman–Crippen MR) is 157 cm³/mol. The third-order valence-electron chi connectivity index (χ3n) is 7.18. The van der Waals surface area contributed by atoms with E-state index in [4.69, 9.17) is 20.4 Å². The SMILES string of the molecule is CC1(C)CCCN(S(=O)(=O)C(F)F)C1.CC1CN(c2cccc(-c3ccc4cnc(CC(N)=O)cc4n3)n2)C[C@H](C)O1. The number of nitrogens with two attached hydrogens (primary N) is 1. The van der Waals surface area contributed by atoms with Crippen LogP contribution in [-0.4, -0.2) is 77.7 Å². The Labute approximate surface area is 245 Å². The van der Waals surface area contributed by atoms with Crippen LogP contribution in [0.4, 0.5) is 14.6 Å². The molecule has 0 bridgehead atoms. The fourth-order valence-electron chi connectivity index (χ4n) is 5.28. The molecule has 0 aromatic carbocycles. The molecule has 0 aliphatic carbocycles. The molecular formula is C29H38F2N6O4S. The Morgan fingerprint density at radius 1 is 1.12 bits per heavy atom. The maximum Gasteiger partial charge on any atom is 0.350 e. The first kappa shape index (κ1) is 31.6. The summed E-state index contributed by atoms with van der Waals surface area (Å²) in [6, 6.07) is 11.7. The van der Waals surface area contributed by atoms with Gasteiger partial charge in [-0.2, -0.15) is 13.1 Å². The molecule has 5 rings (SSSR count). The normalized spacial score (nSPS) is 21.2. The van der Waals surface area contributed by atoms with Crippen LogP contribution in [0.5, 0.6) is 0 Å². The van der Waals surface area contributed by atoms with Gasteiger partial charge >= 0.3 is 5.76 Å². The summed E-state index contributed by atoms with van der Waals surface area (Å²) in [4.78, 5) is 27.2. The van der Waals surface area contributed by atoms with Crippen LogP contribution in [0.15, 0.2) is 42.6 Å². The van der Waals surface area contributed by atoms with Crippen molar-refractivity contribution in [3.8, 4) is 11.4 Å². The molecule has 42 heavy (non-hydrogen) atoms. The lowest BCUT2D eigenvalue weighted by atomic mass is 9.85. The number of pyridine rings is 3. The monoisotopic (exact) mass is 604 g/mol. The molecule has 1 unspecified atom stereocenters. The van der Waals surface area contributed by atoms with Crippen molar-refractivity contribution < 1.29 is 26.7 Å². The molecule has 2 saturated heterocycles. The summed E-state index contributed by atoms with van der Waals surface area (Å²) >= 11 is 0. The van der Waals surface area contributed by atoms with Crippen molar-refractivity contribution in [1.82, 2.24) is 19.3 Å². The zero-order valence-electron chi connectivity index (χ0n) is 24.3. The summed E-state index contributed by atoms with van der Waals surface area (Å²) in [6.45, 7) is 9.97. The van der Waals surface area contributed by atoms with E-state index in [9.17, 15) is 22.0 Å². The molecule has 3 aromatic rings. The molecule has 5 heterocycles. The van der Waals surface area contributed by atoms with Crippen molar-refractivity contribution in [3.05, 3.63) is 48.3 Å². The van der Waals surface area contributed by atoms with Gasteiger partial charge in [0.05, 0.1) is 41.2 Å². The van der Waals surface area contributed by atoms with Crippen LogP contribution in [0.25, 0.3) is 22.3 Å². The van der Waals surface area contributed by atoms with Gasteiger partial charge in [-0.1, -0.05) is 19.9 Å². The fraction of sp³-hybridized carbons (Fsp3) is 0.517. The number of morpholine rings is 1. The zero-order chi connectivity index (χ0) is 30.7. The van der Waals surface area contributed by atoms with E-state index in [2.05, 4.69) is 23.7 Å². The highest BCUT2D eigenvalue weighted by molar-refractivity contribution is 7.89. The second-order valence-corrected chi connectivity index (χ2v) is 13.6. The number of ether oxygens (including phenoxy) is 1. The average Bonchev–Trinajstić information content (AvgIpc) is 2.91. The number of nitrogens with zero attached hydrogens (tertiary/aromatic N) is 5. The molecule has 2 aliphatic rings. The number of rotatable bonds is 6. The van der Waals surface area contributed by atoms with Crippen LogP contribution >= 0.6 is 0 Å². The Balaban J connectivity index is 0.000000244. The minimum atomic E-state index is -4.37. The molecule has 228 valence electrons. The van der Waals surface area contributed by atoms with Crippen molar-refractivity contribution in [2.75, 3.05) is 31.1 Å². The van der Waals surface area contributed by atoms with Crippen LogP contribution in [0.1, 0.15) is 46.2 Å².